The molecule has 0 aromatic rings. The summed E-state index contributed by atoms with van der Waals surface area (Å²) in [4.78, 5) is 25.3. The number of amides is 2. The van der Waals surface area contributed by atoms with Crippen molar-refractivity contribution in [2.24, 2.45) is 0 Å². The number of rotatable bonds is 3. The maximum Gasteiger partial charge on any atom is 0.245 e. The first-order valence-electron chi connectivity index (χ1n) is 6.73. The van der Waals surface area contributed by atoms with Gasteiger partial charge < -0.3 is 10.2 Å². The Hall–Kier alpha value is -1.11. The fourth-order valence-electron chi connectivity index (χ4n) is 2.66. The number of nitrogens with one attached hydrogen (secondary N) is 1. The zero-order valence-electron chi connectivity index (χ0n) is 11.1. The summed E-state index contributed by atoms with van der Waals surface area (Å²) in [7, 11) is -3.06. The van der Waals surface area contributed by atoms with Gasteiger partial charge in [0.15, 0.2) is 9.84 Å². The predicted molar refractivity (Wildman–Crippen MR) is 70.2 cm³/mol. The zero-order chi connectivity index (χ0) is 14.0. The van der Waals surface area contributed by atoms with Gasteiger partial charge in [0.25, 0.3) is 0 Å². The Kier molecular flexibility index (Phi) is 4.13. The number of nitrogens with zero attached hydrogens (tertiary/aromatic N) is 1. The van der Waals surface area contributed by atoms with Crippen molar-refractivity contribution in [2.45, 2.75) is 43.9 Å². The van der Waals surface area contributed by atoms with Crippen LogP contribution in [0, 0.1) is 0 Å². The zero-order valence-corrected chi connectivity index (χ0v) is 11.9. The van der Waals surface area contributed by atoms with Crippen molar-refractivity contribution in [3.8, 4) is 0 Å². The molecule has 0 radical (unpaired) electrons. The van der Waals surface area contributed by atoms with Crippen molar-refractivity contribution in [1.82, 2.24) is 10.2 Å². The molecule has 0 aliphatic carbocycles. The number of carbonyl (C=O) groups excluding carboxylic acids is 2. The smallest absolute Gasteiger partial charge is 0.245 e. The number of sulfone groups is 1. The molecule has 0 aromatic heterocycles. The Bertz CT molecular complexity index is 474. The summed E-state index contributed by atoms with van der Waals surface area (Å²) in [6.07, 6.45) is 2.06. The highest BCUT2D eigenvalue weighted by Gasteiger charge is 2.36. The van der Waals surface area contributed by atoms with Gasteiger partial charge in [0, 0.05) is 19.5 Å². The third-order valence-electron chi connectivity index (χ3n) is 3.85. The second-order valence-electron chi connectivity index (χ2n) is 5.19. The molecule has 2 fully saturated rings. The molecular weight excluding hydrogens is 268 g/mol. The van der Waals surface area contributed by atoms with Crippen LogP contribution >= 0.6 is 0 Å². The summed E-state index contributed by atoms with van der Waals surface area (Å²) < 4.78 is 23.6. The van der Waals surface area contributed by atoms with Crippen molar-refractivity contribution in [3.05, 3.63) is 0 Å². The molecule has 1 N–H and O–H groups in total. The fourth-order valence-corrected chi connectivity index (χ4v) is 4.50. The van der Waals surface area contributed by atoms with Crippen LogP contribution in [0.4, 0.5) is 0 Å². The molecule has 2 unspecified atom stereocenters. The van der Waals surface area contributed by atoms with Crippen LogP contribution in [0.15, 0.2) is 0 Å². The largest absolute Gasteiger partial charge is 0.344 e. The minimum absolute atomic E-state index is 0.142. The van der Waals surface area contributed by atoms with E-state index in [-0.39, 0.29) is 30.5 Å². The van der Waals surface area contributed by atoms with E-state index in [0.717, 1.165) is 0 Å². The van der Waals surface area contributed by atoms with Gasteiger partial charge in [0.2, 0.25) is 11.8 Å². The molecule has 0 aromatic carbocycles. The molecule has 2 rings (SSSR count). The Balaban J connectivity index is 2.10. The standard InChI is InChI=1S/C12H20N2O4S/c1-2-10-12(16)14(6-5-11(15)13-10)8-9-4-3-7-19(9,17)18/h9-10H,2-8H2,1H3,(H,13,15). The Morgan fingerprint density at radius 2 is 2.11 bits per heavy atom. The number of carbonyl (C=O) groups is 2. The summed E-state index contributed by atoms with van der Waals surface area (Å²) in [6, 6.07) is -0.515. The van der Waals surface area contributed by atoms with Crippen molar-refractivity contribution in [3.63, 3.8) is 0 Å². The second-order valence-corrected chi connectivity index (χ2v) is 7.59. The van der Waals surface area contributed by atoms with Crippen molar-refractivity contribution < 1.29 is 18.0 Å². The van der Waals surface area contributed by atoms with Gasteiger partial charge in [-0.15, -0.1) is 0 Å². The van der Waals surface area contributed by atoms with E-state index < -0.39 is 21.1 Å². The minimum Gasteiger partial charge on any atom is -0.344 e. The van der Waals surface area contributed by atoms with E-state index in [4.69, 9.17) is 0 Å². The lowest BCUT2D eigenvalue weighted by molar-refractivity contribution is -0.133. The molecule has 2 aliphatic rings. The summed E-state index contributed by atoms with van der Waals surface area (Å²) in [5.41, 5.74) is 0. The molecule has 2 amide bonds. The normalized spacial score (nSPS) is 31.1. The quantitative estimate of drug-likeness (QED) is 0.772. The van der Waals surface area contributed by atoms with Gasteiger partial charge >= 0.3 is 0 Å². The van der Waals surface area contributed by atoms with Crippen LogP contribution in [-0.4, -0.2) is 55.3 Å². The molecule has 0 spiro atoms. The number of hydrogen-bond acceptors (Lipinski definition) is 4. The van der Waals surface area contributed by atoms with Crippen LogP contribution < -0.4 is 5.32 Å². The van der Waals surface area contributed by atoms with E-state index in [1.807, 2.05) is 6.92 Å². The van der Waals surface area contributed by atoms with E-state index in [9.17, 15) is 18.0 Å². The minimum atomic E-state index is -3.06. The molecule has 2 saturated heterocycles. The Morgan fingerprint density at radius 3 is 2.68 bits per heavy atom. The SMILES string of the molecule is CCC1NC(=O)CCN(CC2CCCS2(=O)=O)C1=O. The van der Waals surface area contributed by atoms with Crippen LogP contribution in [0.5, 0.6) is 0 Å². The third kappa shape index (κ3) is 3.08. The van der Waals surface area contributed by atoms with Crippen LogP contribution in [-0.2, 0) is 19.4 Å². The highest BCUT2D eigenvalue weighted by atomic mass is 32.2. The molecule has 0 saturated carbocycles. The van der Waals surface area contributed by atoms with Gasteiger partial charge in [-0.2, -0.15) is 0 Å². The van der Waals surface area contributed by atoms with Gasteiger partial charge in [0.1, 0.15) is 6.04 Å². The van der Waals surface area contributed by atoms with Crippen molar-refractivity contribution in [1.29, 1.82) is 0 Å². The first kappa shape index (κ1) is 14.3. The first-order chi connectivity index (χ1) is 8.94. The summed E-state index contributed by atoms with van der Waals surface area (Å²) in [6.45, 7) is 2.37. The second kappa shape index (κ2) is 5.48. The summed E-state index contributed by atoms with van der Waals surface area (Å²) in [5.74, 6) is -0.0823. The molecule has 2 aliphatic heterocycles. The van der Waals surface area contributed by atoms with Gasteiger partial charge in [-0.05, 0) is 19.3 Å². The Morgan fingerprint density at radius 1 is 1.37 bits per heavy atom. The lowest BCUT2D eigenvalue weighted by Crippen LogP contribution is -2.47. The summed E-state index contributed by atoms with van der Waals surface area (Å²) in [5, 5.41) is 2.22. The Labute approximate surface area is 113 Å². The van der Waals surface area contributed by atoms with Gasteiger partial charge in [-0.25, -0.2) is 8.42 Å². The molecule has 7 heteroatoms. The molecular formula is C12H20N2O4S. The maximum atomic E-state index is 12.2. The first-order valence-corrected chi connectivity index (χ1v) is 8.45. The molecule has 19 heavy (non-hydrogen) atoms. The van der Waals surface area contributed by atoms with E-state index in [1.54, 1.807) is 4.90 Å². The average molecular weight is 288 g/mol. The topological polar surface area (TPSA) is 83.6 Å². The lowest BCUT2D eigenvalue weighted by Gasteiger charge is -2.25. The van der Waals surface area contributed by atoms with E-state index >= 15 is 0 Å². The average Bonchev–Trinajstić information content (AvgIpc) is 2.62. The molecule has 2 heterocycles. The van der Waals surface area contributed by atoms with Gasteiger partial charge in [-0.3, -0.25) is 9.59 Å². The van der Waals surface area contributed by atoms with Crippen LogP contribution in [0.2, 0.25) is 0 Å². The van der Waals surface area contributed by atoms with Crippen LogP contribution in [0.3, 0.4) is 0 Å². The van der Waals surface area contributed by atoms with Gasteiger partial charge in [-0.1, -0.05) is 6.92 Å². The highest BCUT2D eigenvalue weighted by molar-refractivity contribution is 7.92. The van der Waals surface area contributed by atoms with Crippen LogP contribution in [0.1, 0.15) is 32.6 Å². The summed E-state index contributed by atoms with van der Waals surface area (Å²) >= 11 is 0. The molecule has 2 atom stereocenters. The van der Waals surface area contributed by atoms with Crippen LogP contribution in [0.25, 0.3) is 0 Å². The monoisotopic (exact) mass is 288 g/mol. The van der Waals surface area contributed by atoms with E-state index in [0.29, 0.717) is 25.8 Å². The van der Waals surface area contributed by atoms with Crippen molar-refractivity contribution >= 4 is 21.7 Å². The predicted octanol–water partition coefficient (Wildman–Crippen LogP) is -0.309. The lowest BCUT2D eigenvalue weighted by atomic mass is 10.2. The van der Waals surface area contributed by atoms with Crippen molar-refractivity contribution in [2.75, 3.05) is 18.8 Å². The van der Waals surface area contributed by atoms with Gasteiger partial charge in [0.05, 0.1) is 11.0 Å². The maximum absolute atomic E-state index is 12.2. The number of hydrogen-bond donors (Lipinski definition) is 1. The molecule has 0 bridgehead atoms. The molecule has 108 valence electrons. The van der Waals surface area contributed by atoms with E-state index in [1.165, 1.54) is 0 Å². The third-order valence-corrected chi connectivity index (χ3v) is 6.11. The van der Waals surface area contributed by atoms with E-state index in [2.05, 4.69) is 5.32 Å². The highest BCUT2D eigenvalue weighted by Crippen LogP contribution is 2.22. The molecule has 6 nitrogen and oxygen atoms in total. The fraction of sp³-hybridized carbons (Fsp3) is 0.833.